The van der Waals surface area contributed by atoms with E-state index in [1.807, 2.05) is 13.8 Å². The number of nitrogens with zero attached hydrogens (tertiary/aromatic N) is 2. The summed E-state index contributed by atoms with van der Waals surface area (Å²) in [6.07, 6.45) is 1.60. The molecule has 0 fully saturated rings. The lowest BCUT2D eigenvalue weighted by atomic mass is 9.95. The molecule has 1 aliphatic rings. The molecule has 41 heavy (non-hydrogen) atoms. The van der Waals surface area contributed by atoms with Crippen molar-refractivity contribution < 1.29 is 28.5 Å². The molecule has 1 aromatic heterocycles. The predicted molar refractivity (Wildman–Crippen MR) is 161 cm³/mol. The topological polar surface area (TPSA) is 97.6 Å². The van der Waals surface area contributed by atoms with Crippen molar-refractivity contribution in [1.82, 2.24) is 4.57 Å². The van der Waals surface area contributed by atoms with Gasteiger partial charge in [-0.1, -0.05) is 38.9 Å². The molecule has 0 N–H and O–H groups in total. The summed E-state index contributed by atoms with van der Waals surface area (Å²) in [5.41, 5.74) is 1.60. The Balaban J connectivity index is 1.97. The highest BCUT2D eigenvalue weighted by Crippen LogP contribution is 2.41. The smallest absolute Gasteiger partial charge is 0.338 e. The molecular weight excluding hydrogens is 636 g/mol. The minimum absolute atomic E-state index is 0.108. The molecule has 0 saturated carbocycles. The lowest BCUT2D eigenvalue weighted by Gasteiger charge is -2.26. The lowest BCUT2D eigenvalue weighted by molar-refractivity contribution is -0.139. The average Bonchev–Trinajstić information content (AvgIpc) is 3.22. The molecule has 1 atom stereocenters. The van der Waals surface area contributed by atoms with Crippen LogP contribution >= 0.6 is 38.9 Å². The van der Waals surface area contributed by atoms with E-state index in [0.717, 1.165) is 0 Å². The first-order chi connectivity index (χ1) is 19.5. The van der Waals surface area contributed by atoms with Crippen molar-refractivity contribution >= 4 is 50.9 Å². The van der Waals surface area contributed by atoms with Crippen LogP contribution in [0.1, 0.15) is 44.9 Å². The van der Waals surface area contributed by atoms with Gasteiger partial charge in [-0.25, -0.2) is 9.79 Å². The van der Waals surface area contributed by atoms with Crippen LogP contribution in [-0.2, 0) is 9.53 Å². The van der Waals surface area contributed by atoms with Crippen molar-refractivity contribution in [2.45, 2.75) is 39.8 Å². The van der Waals surface area contributed by atoms with Gasteiger partial charge in [0, 0.05) is 4.47 Å². The molecule has 0 aliphatic carbocycles. The van der Waals surface area contributed by atoms with Gasteiger partial charge in [0.25, 0.3) is 5.56 Å². The Bertz CT molecular complexity index is 1710. The number of thiazole rings is 1. The van der Waals surface area contributed by atoms with E-state index in [1.165, 1.54) is 37.2 Å². The fourth-order valence-corrected chi connectivity index (χ4v) is 6.34. The third kappa shape index (κ3) is 6.02. The summed E-state index contributed by atoms with van der Waals surface area (Å²) >= 11 is 11.3. The number of ether oxygens (including phenoxy) is 5. The molecule has 0 saturated heterocycles. The SMILES string of the molecule is CCOC(=O)C1=C(C)N=c2s/c(=C\c3cc(Cl)c(OC(C)C)c(OC)c3)c(=O)n2[C@@H]1c1cc(OC)c(OC)cc1Br. The van der Waals surface area contributed by atoms with Crippen molar-refractivity contribution in [1.29, 1.82) is 0 Å². The molecule has 0 spiro atoms. The fraction of sp³-hybridized carbons (Fsp3) is 0.345. The third-order valence-corrected chi connectivity index (χ3v) is 8.17. The Kier molecular flexibility index (Phi) is 9.51. The molecule has 12 heteroatoms. The normalized spacial score (nSPS) is 15.0. The number of allylic oxidation sites excluding steroid dienone is 1. The van der Waals surface area contributed by atoms with Crippen molar-refractivity contribution in [2.75, 3.05) is 27.9 Å². The van der Waals surface area contributed by atoms with Crippen LogP contribution in [0.25, 0.3) is 6.08 Å². The number of hydrogen-bond donors (Lipinski definition) is 0. The molecule has 0 bridgehead atoms. The van der Waals surface area contributed by atoms with Crippen LogP contribution in [0.4, 0.5) is 0 Å². The molecule has 0 amide bonds. The third-order valence-electron chi connectivity index (χ3n) is 6.22. The highest BCUT2D eigenvalue weighted by atomic mass is 79.9. The molecule has 0 radical (unpaired) electrons. The Morgan fingerprint density at radius 2 is 1.78 bits per heavy atom. The Morgan fingerprint density at radius 1 is 1.12 bits per heavy atom. The second-order valence-corrected chi connectivity index (χ2v) is 11.5. The van der Waals surface area contributed by atoms with E-state index in [4.69, 9.17) is 35.3 Å². The molecule has 218 valence electrons. The summed E-state index contributed by atoms with van der Waals surface area (Å²) in [7, 11) is 4.58. The van der Waals surface area contributed by atoms with Crippen LogP contribution < -0.4 is 33.8 Å². The molecule has 2 heterocycles. The second-order valence-electron chi connectivity index (χ2n) is 9.23. The van der Waals surface area contributed by atoms with Crippen LogP contribution in [0.5, 0.6) is 23.0 Å². The van der Waals surface area contributed by atoms with E-state index < -0.39 is 12.0 Å². The number of halogens is 2. The number of esters is 1. The zero-order valence-corrected chi connectivity index (χ0v) is 26.8. The van der Waals surface area contributed by atoms with Crippen molar-refractivity contribution in [3.8, 4) is 23.0 Å². The van der Waals surface area contributed by atoms with Crippen LogP contribution in [0.2, 0.25) is 5.02 Å². The monoisotopic (exact) mass is 664 g/mol. The number of fused-ring (bicyclic) bond motifs is 1. The van der Waals surface area contributed by atoms with Crippen molar-refractivity contribution in [2.24, 2.45) is 4.99 Å². The van der Waals surface area contributed by atoms with Gasteiger partial charge in [0.2, 0.25) is 0 Å². The number of carbonyl (C=O) groups is 1. The van der Waals surface area contributed by atoms with Crippen LogP contribution in [-0.4, -0.2) is 44.6 Å². The first-order valence-corrected chi connectivity index (χ1v) is 14.7. The van der Waals surface area contributed by atoms with E-state index in [1.54, 1.807) is 44.2 Å². The quantitative estimate of drug-likeness (QED) is 0.296. The molecular formula is C29H30BrClN2O7S. The predicted octanol–water partition coefficient (Wildman–Crippen LogP) is 5.03. The van der Waals surface area contributed by atoms with Gasteiger partial charge in [0.15, 0.2) is 27.8 Å². The second kappa shape index (κ2) is 12.7. The molecule has 9 nitrogen and oxygen atoms in total. The van der Waals surface area contributed by atoms with Crippen molar-refractivity contribution in [3.05, 3.63) is 75.8 Å². The molecule has 2 aromatic carbocycles. The fourth-order valence-electron chi connectivity index (χ4n) is 4.49. The number of rotatable bonds is 9. The number of benzene rings is 2. The Labute approximate surface area is 254 Å². The van der Waals surface area contributed by atoms with E-state index in [0.29, 0.717) is 58.7 Å². The highest BCUT2D eigenvalue weighted by Gasteiger charge is 2.35. The Morgan fingerprint density at radius 3 is 2.39 bits per heavy atom. The van der Waals surface area contributed by atoms with E-state index >= 15 is 0 Å². The number of methoxy groups -OCH3 is 3. The number of hydrogen-bond acceptors (Lipinski definition) is 9. The molecule has 1 aliphatic heterocycles. The summed E-state index contributed by atoms with van der Waals surface area (Å²) in [5, 5.41) is 0.352. The summed E-state index contributed by atoms with van der Waals surface area (Å²) in [4.78, 5) is 32.3. The van der Waals surface area contributed by atoms with E-state index in [9.17, 15) is 9.59 Å². The summed E-state index contributed by atoms with van der Waals surface area (Å²) in [5.74, 6) is 1.24. The van der Waals surface area contributed by atoms with Crippen LogP contribution in [0.15, 0.2) is 49.8 Å². The maximum atomic E-state index is 14.0. The van der Waals surface area contributed by atoms with Gasteiger partial charge in [-0.3, -0.25) is 9.36 Å². The van der Waals surface area contributed by atoms with Gasteiger partial charge >= 0.3 is 5.97 Å². The van der Waals surface area contributed by atoms with Crippen molar-refractivity contribution in [3.63, 3.8) is 0 Å². The molecule has 4 rings (SSSR count). The van der Waals surface area contributed by atoms with Gasteiger partial charge in [0.05, 0.1) is 60.9 Å². The van der Waals surface area contributed by atoms with E-state index in [-0.39, 0.29) is 23.8 Å². The van der Waals surface area contributed by atoms with Gasteiger partial charge in [-0.15, -0.1) is 0 Å². The Hall–Kier alpha value is -3.28. The van der Waals surface area contributed by atoms with Gasteiger partial charge < -0.3 is 23.7 Å². The van der Waals surface area contributed by atoms with Gasteiger partial charge in [0.1, 0.15) is 0 Å². The van der Waals surface area contributed by atoms with Crippen LogP contribution in [0.3, 0.4) is 0 Å². The zero-order chi connectivity index (χ0) is 30.0. The summed E-state index contributed by atoms with van der Waals surface area (Å²) in [6, 6.07) is 6.08. The average molecular weight is 666 g/mol. The minimum Gasteiger partial charge on any atom is -0.493 e. The zero-order valence-electron chi connectivity index (χ0n) is 23.7. The minimum atomic E-state index is -0.846. The number of aromatic nitrogens is 1. The maximum Gasteiger partial charge on any atom is 0.338 e. The van der Waals surface area contributed by atoms with Crippen LogP contribution in [0, 0.1) is 0 Å². The first-order valence-electron chi connectivity index (χ1n) is 12.7. The molecule has 0 unspecified atom stereocenters. The number of carbonyl (C=O) groups excluding carboxylic acids is 1. The summed E-state index contributed by atoms with van der Waals surface area (Å²) < 4.78 is 30.2. The first kappa shape index (κ1) is 30.7. The van der Waals surface area contributed by atoms with Gasteiger partial charge in [-0.2, -0.15) is 0 Å². The maximum absolute atomic E-state index is 14.0. The lowest BCUT2D eigenvalue weighted by Crippen LogP contribution is -2.40. The largest absolute Gasteiger partial charge is 0.493 e. The van der Waals surface area contributed by atoms with Gasteiger partial charge in [-0.05, 0) is 69.2 Å². The standard InChI is InChI=1S/C29H30BrClN2O7S/c1-8-39-28(35)24-15(4)32-29-33(25(24)17-12-20(36-5)21(37-6)13-18(17)30)27(34)23(41-29)11-16-9-19(31)26(40-14(2)3)22(10-16)38-7/h9-14,25H,8H2,1-7H3/b23-11-/t25-/m1/s1. The molecule has 3 aromatic rings. The highest BCUT2D eigenvalue weighted by molar-refractivity contribution is 9.10. The summed E-state index contributed by atoms with van der Waals surface area (Å²) in [6.45, 7) is 7.40. The van der Waals surface area contributed by atoms with E-state index in [2.05, 4.69) is 20.9 Å².